The Kier molecular flexibility index (Phi) is 4.45. The van der Waals surface area contributed by atoms with Gasteiger partial charge in [-0.1, -0.05) is 12.1 Å². The second-order valence-electron chi connectivity index (χ2n) is 6.90. The number of nitrogens with zero attached hydrogens (tertiary/aromatic N) is 4. The number of carbonyl (C=O) groups is 1. The van der Waals surface area contributed by atoms with Gasteiger partial charge in [-0.05, 0) is 45.4 Å². The second kappa shape index (κ2) is 6.02. The van der Waals surface area contributed by atoms with Gasteiger partial charge in [0.05, 0.1) is 12.1 Å². The molecule has 1 aromatic heterocycles. The zero-order valence-corrected chi connectivity index (χ0v) is 14.6. The van der Waals surface area contributed by atoms with E-state index in [9.17, 15) is 9.59 Å². The normalized spacial score (nSPS) is 11.6. The van der Waals surface area contributed by atoms with Crippen LogP contribution in [-0.4, -0.2) is 39.3 Å². The zero-order valence-electron chi connectivity index (χ0n) is 14.6. The highest BCUT2D eigenvalue weighted by Crippen LogP contribution is 2.12. The summed E-state index contributed by atoms with van der Waals surface area (Å²) in [6.07, 6.45) is 0. The van der Waals surface area contributed by atoms with Crippen molar-refractivity contribution in [1.29, 1.82) is 0 Å². The van der Waals surface area contributed by atoms with Crippen molar-refractivity contribution < 1.29 is 4.79 Å². The van der Waals surface area contributed by atoms with Crippen LogP contribution in [0.25, 0.3) is 0 Å². The number of hydrogen-bond donors (Lipinski definition) is 0. The van der Waals surface area contributed by atoms with E-state index in [0.29, 0.717) is 17.9 Å². The molecule has 0 bridgehead atoms. The molecule has 0 radical (unpaired) electrons. The third-order valence-corrected chi connectivity index (χ3v) is 3.60. The fourth-order valence-electron chi connectivity index (χ4n) is 2.36. The molecular weight excluding hydrogens is 292 g/mol. The van der Waals surface area contributed by atoms with Crippen molar-refractivity contribution in [1.82, 2.24) is 19.2 Å². The van der Waals surface area contributed by atoms with Gasteiger partial charge in [-0.2, -0.15) is 5.10 Å². The quantitative estimate of drug-likeness (QED) is 0.868. The van der Waals surface area contributed by atoms with E-state index in [2.05, 4.69) is 5.10 Å². The Balaban J connectivity index is 2.38. The molecule has 0 aliphatic heterocycles. The van der Waals surface area contributed by atoms with E-state index in [1.165, 1.54) is 9.58 Å². The van der Waals surface area contributed by atoms with Crippen LogP contribution in [-0.2, 0) is 12.1 Å². The first kappa shape index (κ1) is 17.0. The molecule has 0 unspecified atom stereocenters. The molecule has 6 heteroatoms. The van der Waals surface area contributed by atoms with E-state index in [0.717, 1.165) is 5.56 Å². The van der Waals surface area contributed by atoms with E-state index in [4.69, 9.17) is 0 Å². The van der Waals surface area contributed by atoms with Gasteiger partial charge in [0.25, 0.3) is 5.91 Å². The van der Waals surface area contributed by atoms with E-state index in [-0.39, 0.29) is 17.1 Å². The second-order valence-corrected chi connectivity index (χ2v) is 6.90. The number of aryl methyl sites for hydroxylation is 1. The molecule has 0 fully saturated rings. The Hall–Kier alpha value is -2.37. The Morgan fingerprint density at radius 3 is 2.43 bits per heavy atom. The third kappa shape index (κ3) is 3.52. The largest absolute Gasteiger partial charge is 0.346 e. The van der Waals surface area contributed by atoms with Gasteiger partial charge in [-0.25, -0.2) is 9.48 Å². The van der Waals surface area contributed by atoms with Gasteiger partial charge in [0.2, 0.25) is 0 Å². The molecule has 0 spiro atoms. The van der Waals surface area contributed by atoms with Gasteiger partial charge in [-0.15, -0.1) is 0 Å². The average Bonchev–Trinajstić information content (AvgIpc) is 2.74. The number of amides is 1. The molecular formula is C17H24N4O2. The van der Waals surface area contributed by atoms with Crippen molar-refractivity contribution in [2.24, 2.45) is 0 Å². The Morgan fingerprint density at radius 2 is 1.91 bits per heavy atom. The molecule has 124 valence electrons. The summed E-state index contributed by atoms with van der Waals surface area (Å²) in [7, 11) is 3.44. The van der Waals surface area contributed by atoms with E-state index < -0.39 is 0 Å². The summed E-state index contributed by atoms with van der Waals surface area (Å²) in [5, 5.41) is 4.36. The standard InChI is InChI=1S/C17H24N4O2/c1-12-18-21(17(2,3)4)16(23)20(12)11-13-8-7-9-14(10-13)15(22)19(5)6/h7-10H,11H2,1-6H3. The highest BCUT2D eigenvalue weighted by atomic mass is 16.2. The van der Waals surface area contributed by atoms with E-state index in [1.807, 2.05) is 45.9 Å². The summed E-state index contributed by atoms with van der Waals surface area (Å²) >= 11 is 0. The van der Waals surface area contributed by atoms with Crippen molar-refractivity contribution in [2.75, 3.05) is 14.1 Å². The Morgan fingerprint density at radius 1 is 1.26 bits per heavy atom. The van der Waals surface area contributed by atoms with Crippen molar-refractivity contribution in [3.63, 3.8) is 0 Å². The lowest BCUT2D eigenvalue weighted by atomic mass is 10.1. The summed E-state index contributed by atoms with van der Waals surface area (Å²) in [6, 6.07) is 7.34. The number of aromatic nitrogens is 3. The summed E-state index contributed by atoms with van der Waals surface area (Å²) in [5.41, 5.74) is 1.01. The van der Waals surface area contributed by atoms with Crippen LogP contribution in [0.15, 0.2) is 29.1 Å². The van der Waals surface area contributed by atoms with Gasteiger partial charge in [0, 0.05) is 19.7 Å². The van der Waals surface area contributed by atoms with Crippen LogP contribution in [0.2, 0.25) is 0 Å². The fourth-order valence-corrected chi connectivity index (χ4v) is 2.36. The SMILES string of the molecule is Cc1nn(C(C)(C)C)c(=O)n1Cc1cccc(C(=O)N(C)C)c1. The molecule has 1 amide bonds. The predicted molar refractivity (Wildman–Crippen MR) is 89.8 cm³/mol. The van der Waals surface area contributed by atoms with Crippen LogP contribution in [0.4, 0.5) is 0 Å². The summed E-state index contributed by atoms with van der Waals surface area (Å²) in [6.45, 7) is 8.05. The number of carbonyl (C=O) groups excluding carboxylic acids is 1. The van der Waals surface area contributed by atoms with Crippen LogP contribution in [0.1, 0.15) is 42.5 Å². The molecule has 2 rings (SSSR count). The van der Waals surface area contributed by atoms with Gasteiger partial charge < -0.3 is 4.90 Å². The molecule has 1 aromatic carbocycles. The summed E-state index contributed by atoms with van der Waals surface area (Å²) < 4.78 is 3.13. The minimum atomic E-state index is -0.365. The minimum Gasteiger partial charge on any atom is -0.345 e. The first-order valence-corrected chi connectivity index (χ1v) is 7.59. The number of hydrogen-bond acceptors (Lipinski definition) is 3. The molecule has 6 nitrogen and oxygen atoms in total. The van der Waals surface area contributed by atoms with Crippen LogP contribution in [0, 0.1) is 6.92 Å². The molecule has 0 N–H and O–H groups in total. The molecule has 2 aromatic rings. The summed E-state index contributed by atoms with van der Waals surface area (Å²) in [5.74, 6) is 0.607. The van der Waals surface area contributed by atoms with Crippen molar-refractivity contribution >= 4 is 5.91 Å². The van der Waals surface area contributed by atoms with E-state index in [1.54, 1.807) is 24.7 Å². The summed E-state index contributed by atoms with van der Waals surface area (Å²) in [4.78, 5) is 26.2. The molecule has 0 aliphatic rings. The highest BCUT2D eigenvalue weighted by Gasteiger charge is 2.21. The van der Waals surface area contributed by atoms with Crippen LogP contribution in [0.5, 0.6) is 0 Å². The number of rotatable bonds is 3. The van der Waals surface area contributed by atoms with Gasteiger partial charge >= 0.3 is 5.69 Å². The van der Waals surface area contributed by atoms with Gasteiger partial charge in [0.15, 0.2) is 0 Å². The van der Waals surface area contributed by atoms with Crippen molar-refractivity contribution in [2.45, 2.75) is 39.8 Å². The van der Waals surface area contributed by atoms with Crippen LogP contribution < -0.4 is 5.69 Å². The third-order valence-electron chi connectivity index (χ3n) is 3.60. The lowest BCUT2D eigenvalue weighted by molar-refractivity contribution is 0.0827. The fraction of sp³-hybridized carbons (Fsp3) is 0.471. The molecule has 0 atom stereocenters. The Bertz CT molecular complexity index is 779. The smallest absolute Gasteiger partial charge is 0.345 e. The maximum Gasteiger partial charge on any atom is 0.346 e. The topological polar surface area (TPSA) is 60.1 Å². The van der Waals surface area contributed by atoms with E-state index >= 15 is 0 Å². The highest BCUT2D eigenvalue weighted by molar-refractivity contribution is 5.94. The maximum atomic E-state index is 12.6. The molecule has 0 saturated carbocycles. The predicted octanol–water partition coefficient (Wildman–Crippen LogP) is 1.86. The Labute approximate surface area is 136 Å². The molecule has 1 heterocycles. The maximum absolute atomic E-state index is 12.6. The van der Waals surface area contributed by atoms with Gasteiger partial charge in [-0.3, -0.25) is 9.36 Å². The first-order valence-electron chi connectivity index (χ1n) is 7.59. The lowest BCUT2D eigenvalue weighted by Crippen LogP contribution is -2.36. The van der Waals surface area contributed by atoms with Gasteiger partial charge in [0.1, 0.15) is 5.82 Å². The first-order chi connectivity index (χ1) is 10.6. The van der Waals surface area contributed by atoms with Crippen molar-refractivity contribution in [3.8, 4) is 0 Å². The average molecular weight is 316 g/mol. The molecule has 0 aliphatic carbocycles. The zero-order chi connectivity index (χ0) is 17.4. The molecule has 0 saturated heterocycles. The van der Waals surface area contributed by atoms with Crippen molar-refractivity contribution in [3.05, 3.63) is 51.7 Å². The monoisotopic (exact) mass is 316 g/mol. The van der Waals surface area contributed by atoms with Crippen LogP contribution in [0.3, 0.4) is 0 Å². The van der Waals surface area contributed by atoms with Crippen LogP contribution >= 0.6 is 0 Å². The number of benzene rings is 1. The minimum absolute atomic E-state index is 0.0543. The molecule has 23 heavy (non-hydrogen) atoms. The lowest BCUT2D eigenvalue weighted by Gasteiger charge is -2.16.